The van der Waals surface area contributed by atoms with Crippen LogP contribution in [-0.4, -0.2) is 29.9 Å². The van der Waals surface area contributed by atoms with Crippen LogP contribution in [0.2, 0.25) is 0 Å². The van der Waals surface area contributed by atoms with E-state index < -0.39 is 11.9 Å². The van der Waals surface area contributed by atoms with Crippen molar-refractivity contribution in [3.05, 3.63) is 40.8 Å². The zero-order valence-electron chi connectivity index (χ0n) is 13.8. The van der Waals surface area contributed by atoms with Crippen molar-refractivity contribution in [1.82, 2.24) is 15.1 Å². The number of aryl methyl sites for hydroxylation is 2. The molecule has 1 heterocycles. The van der Waals surface area contributed by atoms with Crippen LogP contribution in [0.15, 0.2) is 18.2 Å². The van der Waals surface area contributed by atoms with E-state index in [1.165, 1.54) is 25.0 Å². The van der Waals surface area contributed by atoms with Crippen molar-refractivity contribution >= 4 is 5.91 Å². The number of benzene rings is 1. The molecule has 0 aliphatic carbocycles. The molecule has 7 heteroatoms. The molecule has 1 amide bonds. The lowest BCUT2D eigenvalue weighted by Crippen LogP contribution is -2.28. The van der Waals surface area contributed by atoms with Crippen LogP contribution in [0.1, 0.15) is 34.6 Å². The molecule has 2 aromatic rings. The smallest absolute Gasteiger partial charge is 0.259 e. The summed E-state index contributed by atoms with van der Waals surface area (Å²) >= 11 is 0. The summed E-state index contributed by atoms with van der Waals surface area (Å²) in [5, 5.41) is 6.93. The zero-order valence-corrected chi connectivity index (χ0v) is 13.8. The topological polar surface area (TPSA) is 65.4 Å². The van der Waals surface area contributed by atoms with Gasteiger partial charge in [-0.3, -0.25) is 4.79 Å². The first-order chi connectivity index (χ1) is 10.9. The van der Waals surface area contributed by atoms with Crippen molar-refractivity contribution in [1.29, 1.82) is 0 Å². The lowest BCUT2D eigenvalue weighted by Gasteiger charge is -2.18. The van der Waals surface area contributed by atoms with Gasteiger partial charge in [-0.25, -0.2) is 9.07 Å². The summed E-state index contributed by atoms with van der Waals surface area (Å²) in [6.45, 7) is 3.41. The Labute approximate surface area is 134 Å². The number of carbonyl (C=O) groups excluding carboxylic acids is 1. The highest BCUT2D eigenvalue weighted by Crippen LogP contribution is 2.29. The summed E-state index contributed by atoms with van der Waals surface area (Å²) in [4.78, 5) is 12.5. The minimum Gasteiger partial charge on any atom is -0.496 e. The van der Waals surface area contributed by atoms with E-state index in [0.717, 1.165) is 0 Å². The standard InChI is InChI=1S/C16H20FN3O3/c1-9(13-11(17)7-6-8-12(13)22-4)18-15(21)14-10(2)19-20(3)16(14)23-5/h6-9H,1-5H3,(H,18,21)/t9-/m1/s1. The van der Waals surface area contributed by atoms with Crippen LogP contribution in [0.4, 0.5) is 4.39 Å². The number of amides is 1. The second-order valence-electron chi connectivity index (χ2n) is 5.14. The molecule has 0 saturated carbocycles. The number of halogens is 1. The normalized spacial score (nSPS) is 11.9. The maximum atomic E-state index is 14.1. The maximum absolute atomic E-state index is 14.1. The molecule has 0 spiro atoms. The third kappa shape index (κ3) is 3.13. The van der Waals surface area contributed by atoms with Gasteiger partial charge in [-0.2, -0.15) is 5.10 Å². The van der Waals surface area contributed by atoms with Crippen molar-refractivity contribution in [3.63, 3.8) is 0 Å². The van der Waals surface area contributed by atoms with Crippen LogP contribution in [0.3, 0.4) is 0 Å². The van der Waals surface area contributed by atoms with Crippen LogP contribution in [0.25, 0.3) is 0 Å². The molecule has 1 aromatic carbocycles. The van der Waals surface area contributed by atoms with Crippen molar-refractivity contribution in [2.75, 3.05) is 14.2 Å². The molecule has 1 atom stereocenters. The Morgan fingerprint density at radius 1 is 1.35 bits per heavy atom. The molecule has 0 saturated heterocycles. The van der Waals surface area contributed by atoms with Gasteiger partial charge in [-0.1, -0.05) is 6.07 Å². The molecule has 0 aliphatic heterocycles. The van der Waals surface area contributed by atoms with E-state index >= 15 is 0 Å². The molecule has 6 nitrogen and oxygen atoms in total. The number of carbonyl (C=O) groups is 1. The Bertz CT molecular complexity index is 728. The highest BCUT2D eigenvalue weighted by molar-refractivity contribution is 5.97. The fraction of sp³-hybridized carbons (Fsp3) is 0.375. The molecule has 0 fully saturated rings. The van der Waals surface area contributed by atoms with Crippen LogP contribution in [0.5, 0.6) is 11.6 Å². The van der Waals surface area contributed by atoms with Crippen molar-refractivity contribution in [2.24, 2.45) is 7.05 Å². The largest absolute Gasteiger partial charge is 0.496 e. The summed E-state index contributed by atoms with van der Waals surface area (Å²) in [6, 6.07) is 3.96. The van der Waals surface area contributed by atoms with Crippen molar-refractivity contribution in [3.8, 4) is 11.6 Å². The van der Waals surface area contributed by atoms with Crippen LogP contribution in [-0.2, 0) is 7.05 Å². The van der Waals surface area contributed by atoms with Crippen LogP contribution in [0, 0.1) is 12.7 Å². The van der Waals surface area contributed by atoms with Crippen molar-refractivity contribution in [2.45, 2.75) is 19.9 Å². The Kier molecular flexibility index (Phi) is 4.88. The lowest BCUT2D eigenvalue weighted by molar-refractivity contribution is 0.0935. The van der Waals surface area contributed by atoms with Gasteiger partial charge >= 0.3 is 0 Å². The van der Waals surface area contributed by atoms with Crippen LogP contribution < -0.4 is 14.8 Å². The van der Waals surface area contributed by atoms with Gasteiger partial charge in [-0.05, 0) is 26.0 Å². The fourth-order valence-electron chi connectivity index (χ4n) is 2.59. The number of methoxy groups -OCH3 is 2. The first-order valence-corrected chi connectivity index (χ1v) is 7.11. The zero-order chi connectivity index (χ0) is 17.1. The summed E-state index contributed by atoms with van der Waals surface area (Å²) in [6.07, 6.45) is 0. The highest BCUT2D eigenvalue weighted by Gasteiger charge is 2.24. The molecule has 23 heavy (non-hydrogen) atoms. The molecule has 1 aromatic heterocycles. The third-order valence-corrected chi connectivity index (χ3v) is 3.60. The Hall–Kier alpha value is -2.57. The average Bonchev–Trinajstić information content (AvgIpc) is 2.80. The average molecular weight is 321 g/mol. The van der Waals surface area contributed by atoms with Gasteiger partial charge in [-0.15, -0.1) is 0 Å². The number of hydrogen-bond donors (Lipinski definition) is 1. The molecule has 124 valence electrons. The molecule has 0 bridgehead atoms. The van der Waals surface area contributed by atoms with Gasteiger partial charge in [0.2, 0.25) is 5.88 Å². The van der Waals surface area contributed by atoms with Gasteiger partial charge in [0.05, 0.1) is 31.5 Å². The second-order valence-corrected chi connectivity index (χ2v) is 5.14. The number of nitrogens with one attached hydrogen (secondary N) is 1. The Balaban J connectivity index is 2.31. The van der Waals surface area contributed by atoms with E-state index in [9.17, 15) is 9.18 Å². The number of rotatable bonds is 5. The molecular formula is C16H20FN3O3. The first-order valence-electron chi connectivity index (χ1n) is 7.11. The number of ether oxygens (including phenoxy) is 2. The number of aromatic nitrogens is 2. The van der Waals surface area contributed by atoms with E-state index in [1.807, 2.05) is 0 Å². The van der Waals surface area contributed by atoms with E-state index in [0.29, 0.717) is 28.5 Å². The third-order valence-electron chi connectivity index (χ3n) is 3.60. The molecule has 1 N–H and O–H groups in total. The minimum absolute atomic E-state index is 0.295. The highest BCUT2D eigenvalue weighted by atomic mass is 19.1. The molecule has 0 unspecified atom stereocenters. The molecule has 0 aliphatic rings. The van der Waals surface area contributed by atoms with Gasteiger partial charge in [0.1, 0.15) is 17.1 Å². The summed E-state index contributed by atoms with van der Waals surface area (Å²) in [5.41, 5.74) is 1.16. The second kappa shape index (κ2) is 6.68. The number of nitrogens with zero attached hydrogens (tertiary/aromatic N) is 2. The molecule has 2 rings (SSSR count). The van der Waals surface area contributed by atoms with E-state index in [4.69, 9.17) is 9.47 Å². The lowest BCUT2D eigenvalue weighted by atomic mass is 10.1. The maximum Gasteiger partial charge on any atom is 0.259 e. The SMILES string of the molecule is COc1cccc(F)c1[C@@H](C)NC(=O)c1c(C)nn(C)c1OC. The van der Waals surface area contributed by atoms with E-state index in [2.05, 4.69) is 10.4 Å². The Morgan fingerprint density at radius 2 is 2.04 bits per heavy atom. The van der Waals surface area contributed by atoms with Crippen LogP contribution >= 0.6 is 0 Å². The predicted octanol–water partition coefficient (Wildman–Crippen LogP) is 2.38. The fourth-order valence-corrected chi connectivity index (χ4v) is 2.59. The van der Waals surface area contributed by atoms with Crippen molar-refractivity contribution < 1.29 is 18.7 Å². The Morgan fingerprint density at radius 3 is 2.65 bits per heavy atom. The van der Waals surface area contributed by atoms with Gasteiger partial charge in [0.15, 0.2) is 0 Å². The van der Waals surface area contributed by atoms with E-state index in [-0.39, 0.29) is 5.91 Å². The first kappa shape index (κ1) is 16.8. The van der Waals surface area contributed by atoms with Gasteiger partial charge in [0, 0.05) is 7.05 Å². The summed E-state index contributed by atoms with van der Waals surface area (Å²) in [7, 11) is 4.61. The monoisotopic (exact) mass is 321 g/mol. The number of hydrogen-bond acceptors (Lipinski definition) is 4. The minimum atomic E-state index is -0.581. The summed E-state index contributed by atoms with van der Waals surface area (Å²) in [5.74, 6) is -0.0855. The predicted molar refractivity (Wildman–Crippen MR) is 83.3 cm³/mol. The molecular weight excluding hydrogens is 301 g/mol. The van der Waals surface area contributed by atoms with Gasteiger partial charge < -0.3 is 14.8 Å². The van der Waals surface area contributed by atoms with E-state index in [1.54, 1.807) is 33.0 Å². The summed E-state index contributed by atoms with van der Waals surface area (Å²) < 4.78 is 26.0. The quantitative estimate of drug-likeness (QED) is 0.918. The van der Waals surface area contributed by atoms with Gasteiger partial charge in [0.25, 0.3) is 5.91 Å². The molecule has 0 radical (unpaired) electrons.